The van der Waals surface area contributed by atoms with Crippen molar-refractivity contribution in [1.82, 2.24) is 4.90 Å². The number of anilines is 1. The molecule has 1 unspecified atom stereocenters. The van der Waals surface area contributed by atoms with Gasteiger partial charge in [-0.25, -0.2) is 0 Å². The van der Waals surface area contributed by atoms with Gasteiger partial charge in [-0.1, -0.05) is 13.0 Å². The first-order valence-electron chi connectivity index (χ1n) is 8.97. The molecule has 1 aliphatic rings. The number of benzene rings is 1. The van der Waals surface area contributed by atoms with Crippen molar-refractivity contribution in [3.63, 3.8) is 0 Å². The van der Waals surface area contributed by atoms with Crippen molar-refractivity contribution < 1.29 is 9.59 Å². The summed E-state index contributed by atoms with van der Waals surface area (Å²) in [7, 11) is 0. The molecule has 0 spiro atoms. The zero-order chi connectivity index (χ0) is 17.9. The van der Waals surface area contributed by atoms with Crippen molar-refractivity contribution in [3.8, 4) is 0 Å². The first kappa shape index (κ1) is 18.5. The lowest BCUT2D eigenvalue weighted by molar-refractivity contribution is -0.149. The third kappa shape index (κ3) is 3.80. The smallest absolute Gasteiger partial charge is 0.239 e. The van der Waals surface area contributed by atoms with Gasteiger partial charge < -0.3 is 10.2 Å². The molecule has 1 saturated heterocycles. The molecule has 24 heavy (non-hydrogen) atoms. The van der Waals surface area contributed by atoms with E-state index in [4.69, 9.17) is 0 Å². The van der Waals surface area contributed by atoms with Gasteiger partial charge in [-0.05, 0) is 76.6 Å². The molecule has 1 aromatic carbocycles. The summed E-state index contributed by atoms with van der Waals surface area (Å²) in [5.41, 5.74) is 1.99. The number of carbonyl (C=O) groups is 2. The minimum Gasteiger partial charge on any atom is -0.339 e. The van der Waals surface area contributed by atoms with Gasteiger partial charge in [0.2, 0.25) is 11.8 Å². The van der Waals surface area contributed by atoms with Crippen LogP contribution < -0.4 is 5.32 Å². The maximum atomic E-state index is 13.0. The Kier molecular flexibility index (Phi) is 5.68. The van der Waals surface area contributed by atoms with Crippen LogP contribution in [0.1, 0.15) is 57.6 Å². The van der Waals surface area contributed by atoms with E-state index in [9.17, 15) is 9.59 Å². The minimum absolute atomic E-state index is 0.0598. The van der Waals surface area contributed by atoms with E-state index in [1.54, 1.807) is 13.8 Å². The summed E-state index contributed by atoms with van der Waals surface area (Å²) in [4.78, 5) is 27.7. The molecule has 0 aromatic heterocycles. The summed E-state index contributed by atoms with van der Waals surface area (Å²) >= 11 is 0. The van der Waals surface area contributed by atoms with Gasteiger partial charge >= 0.3 is 0 Å². The van der Waals surface area contributed by atoms with Crippen LogP contribution in [0.5, 0.6) is 0 Å². The van der Waals surface area contributed by atoms with Crippen LogP contribution in [0.25, 0.3) is 0 Å². The summed E-state index contributed by atoms with van der Waals surface area (Å²) in [6.07, 6.45) is 4.17. The molecule has 1 fully saturated rings. The summed E-state index contributed by atoms with van der Waals surface area (Å²) in [5, 5.41) is 2.92. The number of likely N-dealkylation sites (tertiary alicyclic amines) is 1. The number of piperidine rings is 1. The second-order valence-corrected chi connectivity index (χ2v) is 7.43. The fraction of sp³-hybridized carbons (Fsp3) is 0.600. The first-order valence-corrected chi connectivity index (χ1v) is 8.97. The second kappa shape index (κ2) is 7.37. The summed E-state index contributed by atoms with van der Waals surface area (Å²) < 4.78 is 0. The normalized spacial score (nSPS) is 18.4. The molecule has 1 aromatic rings. The highest BCUT2D eigenvalue weighted by Crippen LogP contribution is 2.28. The van der Waals surface area contributed by atoms with Gasteiger partial charge in [0.1, 0.15) is 5.41 Å². The van der Waals surface area contributed by atoms with E-state index in [1.165, 1.54) is 5.56 Å². The summed E-state index contributed by atoms with van der Waals surface area (Å²) in [6.45, 7) is 10.4. The predicted octanol–water partition coefficient (Wildman–Crippen LogP) is 4.06. The SMILES string of the molecule is CCC1CCCCN1C(=O)C(C)(C)C(=O)Nc1ccc(C)c(C)c1. The van der Waals surface area contributed by atoms with Crippen LogP contribution in [0.2, 0.25) is 0 Å². The molecule has 0 radical (unpaired) electrons. The lowest BCUT2D eigenvalue weighted by Gasteiger charge is -2.39. The predicted molar refractivity (Wildman–Crippen MR) is 98.0 cm³/mol. The number of nitrogens with one attached hydrogen (secondary N) is 1. The standard InChI is InChI=1S/C20H30N2O2/c1-6-17-9-7-8-12-22(17)19(24)20(4,5)18(23)21-16-11-10-14(2)15(3)13-16/h10-11,13,17H,6-9,12H2,1-5H3,(H,21,23). The summed E-state index contributed by atoms with van der Waals surface area (Å²) in [6, 6.07) is 6.08. The van der Waals surface area contributed by atoms with Gasteiger partial charge in [0.05, 0.1) is 0 Å². The van der Waals surface area contributed by atoms with E-state index < -0.39 is 5.41 Å². The Morgan fingerprint density at radius 1 is 1.21 bits per heavy atom. The molecule has 1 N–H and O–H groups in total. The molecular weight excluding hydrogens is 300 g/mol. The molecule has 1 heterocycles. The van der Waals surface area contributed by atoms with Crippen molar-refractivity contribution in [2.45, 2.75) is 66.3 Å². The molecule has 1 atom stereocenters. The van der Waals surface area contributed by atoms with Crippen LogP contribution in [0, 0.1) is 19.3 Å². The number of rotatable bonds is 4. The van der Waals surface area contributed by atoms with E-state index >= 15 is 0 Å². The highest BCUT2D eigenvalue weighted by Gasteiger charge is 2.41. The largest absolute Gasteiger partial charge is 0.339 e. The molecule has 1 aliphatic heterocycles. The van der Waals surface area contributed by atoms with Crippen molar-refractivity contribution in [2.75, 3.05) is 11.9 Å². The number of nitrogens with zero attached hydrogens (tertiary/aromatic N) is 1. The van der Waals surface area contributed by atoms with Crippen molar-refractivity contribution in [1.29, 1.82) is 0 Å². The van der Waals surface area contributed by atoms with Crippen LogP contribution in [-0.4, -0.2) is 29.3 Å². The van der Waals surface area contributed by atoms with E-state index in [2.05, 4.69) is 12.2 Å². The highest BCUT2D eigenvalue weighted by molar-refractivity contribution is 6.10. The average Bonchev–Trinajstić information content (AvgIpc) is 2.57. The van der Waals surface area contributed by atoms with E-state index in [0.717, 1.165) is 43.5 Å². The van der Waals surface area contributed by atoms with Crippen molar-refractivity contribution >= 4 is 17.5 Å². The molecule has 2 rings (SSSR count). The van der Waals surface area contributed by atoms with Gasteiger partial charge in [0.25, 0.3) is 0 Å². The second-order valence-electron chi connectivity index (χ2n) is 7.43. The van der Waals surface area contributed by atoms with Gasteiger partial charge in [0, 0.05) is 18.3 Å². The van der Waals surface area contributed by atoms with Crippen molar-refractivity contribution in [2.24, 2.45) is 5.41 Å². The zero-order valence-electron chi connectivity index (χ0n) is 15.6. The van der Waals surface area contributed by atoms with E-state index in [1.807, 2.05) is 36.9 Å². The Hall–Kier alpha value is -1.84. The van der Waals surface area contributed by atoms with E-state index in [-0.39, 0.29) is 17.9 Å². The van der Waals surface area contributed by atoms with Gasteiger partial charge in [0.15, 0.2) is 0 Å². The van der Waals surface area contributed by atoms with Crippen LogP contribution in [0.15, 0.2) is 18.2 Å². The number of hydrogen-bond acceptors (Lipinski definition) is 2. The number of carbonyl (C=O) groups excluding carboxylic acids is 2. The lowest BCUT2D eigenvalue weighted by atomic mass is 9.87. The molecule has 0 aliphatic carbocycles. The highest BCUT2D eigenvalue weighted by atomic mass is 16.2. The Morgan fingerprint density at radius 3 is 2.54 bits per heavy atom. The maximum absolute atomic E-state index is 13.0. The van der Waals surface area contributed by atoms with Crippen molar-refractivity contribution in [3.05, 3.63) is 29.3 Å². The quantitative estimate of drug-likeness (QED) is 0.846. The number of amides is 2. The Labute approximate surface area is 145 Å². The zero-order valence-corrected chi connectivity index (χ0v) is 15.6. The molecule has 0 bridgehead atoms. The number of aryl methyl sites for hydroxylation is 2. The van der Waals surface area contributed by atoms with Crippen LogP contribution in [0.3, 0.4) is 0 Å². The fourth-order valence-corrected chi connectivity index (χ4v) is 3.26. The third-order valence-corrected chi connectivity index (χ3v) is 5.23. The molecule has 4 nitrogen and oxygen atoms in total. The Morgan fingerprint density at radius 2 is 1.92 bits per heavy atom. The van der Waals surface area contributed by atoms with Gasteiger partial charge in [-0.3, -0.25) is 9.59 Å². The van der Waals surface area contributed by atoms with Crippen LogP contribution in [-0.2, 0) is 9.59 Å². The third-order valence-electron chi connectivity index (χ3n) is 5.23. The lowest BCUT2D eigenvalue weighted by Crippen LogP contribution is -2.52. The molecular formula is C20H30N2O2. The molecule has 0 saturated carbocycles. The van der Waals surface area contributed by atoms with Crippen LogP contribution >= 0.6 is 0 Å². The average molecular weight is 330 g/mol. The summed E-state index contributed by atoms with van der Waals surface area (Å²) in [5.74, 6) is -0.299. The van der Waals surface area contributed by atoms with Gasteiger partial charge in [-0.15, -0.1) is 0 Å². The maximum Gasteiger partial charge on any atom is 0.239 e. The minimum atomic E-state index is -1.07. The molecule has 132 valence electrons. The topological polar surface area (TPSA) is 49.4 Å². The molecule has 2 amide bonds. The monoisotopic (exact) mass is 330 g/mol. The van der Waals surface area contributed by atoms with Gasteiger partial charge in [-0.2, -0.15) is 0 Å². The Bertz CT molecular complexity index is 622. The molecule has 4 heteroatoms. The Balaban J connectivity index is 2.13. The van der Waals surface area contributed by atoms with E-state index in [0.29, 0.717) is 0 Å². The van der Waals surface area contributed by atoms with Crippen LogP contribution in [0.4, 0.5) is 5.69 Å². The first-order chi connectivity index (χ1) is 11.3. The number of hydrogen-bond donors (Lipinski definition) is 1. The fourth-order valence-electron chi connectivity index (χ4n) is 3.26.